The van der Waals surface area contributed by atoms with E-state index in [0.29, 0.717) is 16.7 Å². The average molecular weight is 425 g/mol. The zero-order chi connectivity index (χ0) is 23.3. The third-order valence-electron chi connectivity index (χ3n) is 7.85. The normalized spacial score (nSPS) is 34.9. The molecule has 0 aliphatic heterocycles. The number of ether oxygens (including phenoxy) is 1. The zero-order valence-electron chi connectivity index (χ0n) is 19.8. The Morgan fingerprint density at radius 3 is 2.32 bits per heavy atom. The van der Waals surface area contributed by atoms with Crippen LogP contribution in [0.5, 0.6) is 0 Å². The van der Waals surface area contributed by atoms with E-state index in [1.54, 1.807) is 13.0 Å². The average Bonchev–Trinajstić information content (AvgIpc) is 2.62. The van der Waals surface area contributed by atoms with E-state index in [0.717, 1.165) is 24.8 Å². The molecule has 0 aromatic rings. The highest BCUT2D eigenvalue weighted by Crippen LogP contribution is 2.60. The fourth-order valence-electron chi connectivity index (χ4n) is 6.39. The summed E-state index contributed by atoms with van der Waals surface area (Å²) >= 11 is 0. The van der Waals surface area contributed by atoms with Crippen molar-refractivity contribution in [1.29, 1.82) is 0 Å². The van der Waals surface area contributed by atoms with Crippen LogP contribution in [0, 0.1) is 28.6 Å². The van der Waals surface area contributed by atoms with Crippen molar-refractivity contribution in [3.8, 4) is 0 Å². The molecule has 0 N–H and O–H groups in total. The van der Waals surface area contributed by atoms with Crippen LogP contribution in [0.1, 0.15) is 67.2 Å². The van der Waals surface area contributed by atoms with Crippen LogP contribution in [0.15, 0.2) is 47.6 Å². The predicted molar refractivity (Wildman–Crippen MR) is 122 cm³/mol. The molecule has 0 heterocycles. The second-order valence-electron chi connectivity index (χ2n) is 10.7. The Kier molecular flexibility index (Phi) is 6.07. The van der Waals surface area contributed by atoms with Crippen molar-refractivity contribution in [3.63, 3.8) is 0 Å². The number of carbonyl (C=O) groups is 3. The van der Waals surface area contributed by atoms with Crippen molar-refractivity contribution < 1.29 is 19.1 Å². The van der Waals surface area contributed by atoms with Crippen molar-refractivity contribution in [2.75, 3.05) is 0 Å². The van der Waals surface area contributed by atoms with Crippen LogP contribution in [-0.4, -0.2) is 23.6 Å². The van der Waals surface area contributed by atoms with Crippen molar-refractivity contribution in [2.24, 2.45) is 28.6 Å². The summed E-state index contributed by atoms with van der Waals surface area (Å²) < 4.78 is 5.53. The van der Waals surface area contributed by atoms with E-state index in [1.165, 1.54) is 6.92 Å². The van der Waals surface area contributed by atoms with Gasteiger partial charge in [0.25, 0.3) is 0 Å². The molecule has 3 aliphatic rings. The van der Waals surface area contributed by atoms with Gasteiger partial charge in [-0.2, -0.15) is 0 Å². The van der Waals surface area contributed by atoms with E-state index in [2.05, 4.69) is 40.0 Å². The Labute approximate surface area is 186 Å². The summed E-state index contributed by atoms with van der Waals surface area (Å²) in [5, 5.41) is 0. The number of Topliss-reactive ketones (excluding diaryl/α,β-unsaturated/α-hetero) is 2. The molecule has 0 unspecified atom stereocenters. The van der Waals surface area contributed by atoms with E-state index in [4.69, 9.17) is 4.74 Å². The van der Waals surface area contributed by atoms with Crippen LogP contribution >= 0.6 is 0 Å². The van der Waals surface area contributed by atoms with Gasteiger partial charge in [-0.05, 0) is 60.7 Å². The summed E-state index contributed by atoms with van der Waals surface area (Å²) in [5.41, 5.74) is 2.51. The molecule has 5 atom stereocenters. The third kappa shape index (κ3) is 4.02. The van der Waals surface area contributed by atoms with Gasteiger partial charge < -0.3 is 4.74 Å². The van der Waals surface area contributed by atoms with Crippen LogP contribution in [0.25, 0.3) is 0 Å². The Balaban J connectivity index is 2.08. The minimum atomic E-state index is -0.590. The lowest BCUT2D eigenvalue weighted by molar-refractivity contribution is -0.146. The Morgan fingerprint density at radius 2 is 1.74 bits per heavy atom. The molecular weight excluding hydrogens is 388 g/mol. The number of hydrogen-bond acceptors (Lipinski definition) is 4. The summed E-state index contributed by atoms with van der Waals surface area (Å²) in [5.74, 6) is -0.892. The molecule has 4 nitrogen and oxygen atoms in total. The number of hydrogen-bond donors (Lipinski definition) is 0. The van der Waals surface area contributed by atoms with Gasteiger partial charge in [0.2, 0.25) is 0 Å². The molecular formula is C27H36O4. The molecule has 1 fully saturated rings. The lowest BCUT2D eigenvalue weighted by Gasteiger charge is -2.55. The highest BCUT2D eigenvalue weighted by atomic mass is 16.5. The van der Waals surface area contributed by atoms with E-state index in [1.807, 2.05) is 6.92 Å². The van der Waals surface area contributed by atoms with Crippen molar-refractivity contribution in [3.05, 3.63) is 47.6 Å². The lowest BCUT2D eigenvalue weighted by atomic mass is 9.48. The van der Waals surface area contributed by atoms with Gasteiger partial charge in [-0.3, -0.25) is 14.4 Å². The number of carbonyl (C=O) groups excluding carboxylic acids is 3. The van der Waals surface area contributed by atoms with E-state index in [9.17, 15) is 14.4 Å². The van der Waals surface area contributed by atoms with Crippen molar-refractivity contribution >= 4 is 17.5 Å². The fraction of sp³-hybridized carbons (Fsp3) is 0.593. The molecule has 0 saturated heterocycles. The second-order valence-corrected chi connectivity index (χ2v) is 10.7. The minimum absolute atomic E-state index is 0.00213. The highest BCUT2D eigenvalue weighted by molar-refractivity contribution is 6.05. The molecule has 0 radical (unpaired) electrons. The minimum Gasteiger partial charge on any atom is -0.458 e. The smallest absolute Gasteiger partial charge is 0.303 e. The van der Waals surface area contributed by atoms with Gasteiger partial charge in [0.1, 0.15) is 6.10 Å². The molecule has 4 heteroatoms. The van der Waals surface area contributed by atoms with E-state index < -0.39 is 18.0 Å². The van der Waals surface area contributed by atoms with Crippen molar-refractivity contribution in [2.45, 2.75) is 73.3 Å². The molecule has 0 bridgehead atoms. The largest absolute Gasteiger partial charge is 0.458 e. The maximum absolute atomic E-state index is 13.8. The molecule has 0 spiro atoms. The maximum atomic E-state index is 13.8. The van der Waals surface area contributed by atoms with Crippen LogP contribution in [-0.2, 0) is 19.1 Å². The summed E-state index contributed by atoms with van der Waals surface area (Å²) in [6, 6.07) is 0. The summed E-state index contributed by atoms with van der Waals surface area (Å²) in [6.07, 6.45) is 6.59. The fourth-order valence-corrected chi connectivity index (χ4v) is 6.39. The van der Waals surface area contributed by atoms with Crippen LogP contribution < -0.4 is 0 Å². The molecule has 0 aromatic heterocycles. The molecule has 1 saturated carbocycles. The SMILES string of the molecule is C=C(C)[C@@H]1C(=O)C(C(=C)[C@@H]2CC(=O)C(C)=C[C@H]2OC(C)=O)=C[C@H]2C(C)(C)CCC[C@]12C. The van der Waals surface area contributed by atoms with Crippen molar-refractivity contribution in [1.82, 2.24) is 0 Å². The molecule has 0 aromatic carbocycles. The molecule has 3 rings (SSSR count). The maximum Gasteiger partial charge on any atom is 0.303 e. The van der Waals surface area contributed by atoms with Gasteiger partial charge in [-0.1, -0.05) is 52.0 Å². The van der Waals surface area contributed by atoms with Gasteiger partial charge in [-0.25, -0.2) is 0 Å². The van der Waals surface area contributed by atoms with Crippen LogP contribution in [0.2, 0.25) is 0 Å². The van der Waals surface area contributed by atoms with Gasteiger partial charge >= 0.3 is 5.97 Å². The summed E-state index contributed by atoms with van der Waals surface area (Å²) in [4.78, 5) is 38.0. The lowest BCUT2D eigenvalue weighted by Crippen LogP contribution is -2.51. The van der Waals surface area contributed by atoms with Crippen LogP contribution in [0.4, 0.5) is 0 Å². The molecule has 0 amide bonds. The Bertz CT molecular complexity index is 916. The van der Waals surface area contributed by atoms with Gasteiger partial charge in [-0.15, -0.1) is 0 Å². The number of allylic oxidation sites excluding steroid dienone is 4. The number of esters is 1. The highest BCUT2D eigenvalue weighted by Gasteiger charge is 2.55. The Morgan fingerprint density at radius 1 is 1.10 bits per heavy atom. The molecule has 3 aliphatic carbocycles. The topological polar surface area (TPSA) is 60.4 Å². The second kappa shape index (κ2) is 8.03. The predicted octanol–water partition coefficient (Wildman–Crippen LogP) is 5.54. The number of fused-ring (bicyclic) bond motifs is 1. The monoisotopic (exact) mass is 424 g/mol. The first-order valence-electron chi connectivity index (χ1n) is 11.3. The van der Waals surface area contributed by atoms with Gasteiger partial charge in [0, 0.05) is 30.8 Å². The number of ketones is 2. The Hall–Kier alpha value is -2.23. The van der Waals surface area contributed by atoms with Gasteiger partial charge in [0.05, 0.1) is 0 Å². The first-order chi connectivity index (χ1) is 14.3. The summed E-state index contributed by atoms with van der Waals surface area (Å²) in [6.45, 7) is 20.3. The molecule has 31 heavy (non-hydrogen) atoms. The first-order valence-corrected chi connectivity index (χ1v) is 11.3. The third-order valence-corrected chi connectivity index (χ3v) is 7.85. The standard InChI is InChI=1S/C27H36O4/c1-15(2)24-25(30)20(14-23-26(6,7)10-9-11-27(23,24)8)17(4)19-13-21(29)16(3)12-22(19)31-18(5)28/h12,14,19,22-24H,1,4,9-11,13H2,2-3,5-8H3/t19-,22+,23-,24+,27-/m0/s1. The summed E-state index contributed by atoms with van der Waals surface area (Å²) in [7, 11) is 0. The number of rotatable bonds is 4. The van der Waals surface area contributed by atoms with Gasteiger partial charge in [0.15, 0.2) is 11.6 Å². The van der Waals surface area contributed by atoms with E-state index >= 15 is 0 Å². The van der Waals surface area contributed by atoms with Crippen LogP contribution in [0.3, 0.4) is 0 Å². The first kappa shape index (κ1) is 23.4. The zero-order valence-corrected chi connectivity index (χ0v) is 19.8. The molecule has 168 valence electrons. The van der Waals surface area contributed by atoms with E-state index in [-0.39, 0.29) is 40.7 Å². The quantitative estimate of drug-likeness (QED) is 0.439.